The zero-order valence-corrected chi connectivity index (χ0v) is 8.64. The van der Waals surface area contributed by atoms with Crippen molar-refractivity contribution >= 4 is 22.0 Å². The van der Waals surface area contributed by atoms with Crippen LogP contribution >= 0.6 is 15.9 Å². The van der Waals surface area contributed by atoms with Gasteiger partial charge in [0.15, 0.2) is 0 Å². The van der Waals surface area contributed by atoms with Gasteiger partial charge in [0, 0.05) is 4.83 Å². The van der Waals surface area contributed by atoms with Crippen LogP contribution in [0, 0.1) is 0 Å². The number of alkyl halides is 1. The van der Waals surface area contributed by atoms with Gasteiger partial charge in [-0.2, -0.15) is 0 Å². The SMILES string of the molecule is CC(Br)c1cccc2c1C=CC2. The van der Waals surface area contributed by atoms with E-state index < -0.39 is 0 Å². The van der Waals surface area contributed by atoms with Crippen LogP contribution in [0.3, 0.4) is 0 Å². The second kappa shape index (κ2) is 3.06. The maximum absolute atomic E-state index is 3.60. The highest BCUT2D eigenvalue weighted by Gasteiger charge is 2.11. The van der Waals surface area contributed by atoms with Gasteiger partial charge in [0.25, 0.3) is 0 Å². The summed E-state index contributed by atoms with van der Waals surface area (Å²) >= 11 is 3.60. The summed E-state index contributed by atoms with van der Waals surface area (Å²) in [5.41, 5.74) is 4.28. The number of hydrogen-bond acceptors (Lipinski definition) is 0. The molecule has 0 nitrogen and oxygen atoms in total. The van der Waals surface area contributed by atoms with Crippen molar-refractivity contribution in [3.05, 3.63) is 41.0 Å². The Balaban J connectivity index is 2.56. The number of halogens is 1. The molecule has 0 spiro atoms. The monoisotopic (exact) mass is 222 g/mol. The predicted octanol–water partition coefficient (Wildman–Crippen LogP) is 3.71. The quantitative estimate of drug-likeness (QED) is 0.636. The number of benzene rings is 1. The molecule has 0 radical (unpaired) electrons. The molecule has 1 aromatic carbocycles. The van der Waals surface area contributed by atoms with E-state index in [2.05, 4.69) is 53.2 Å². The molecule has 1 atom stereocenters. The van der Waals surface area contributed by atoms with Gasteiger partial charge in [-0.05, 0) is 30.0 Å². The van der Waals surface area contributed by atoms with Gasteiger partial charge < -0.3 is 0 Å². The Morgan fingerprint density at radius 2 is 2.25 bits per heavy atom. The summed E-state index contributed by atoms with van der Waals surface area (Å²) in [5, 5.41) is 0. The van der Waals surface area contributed by atoms with Gasteiger partial charge in [-0.3, -0.25) is 0 Å². The van der Waals surface area contributed by atoms with Crippen molar-refractivity contribution in [2.75, 3.05) is 0 Å². The van der Waals surface area contributed by atoms with E-state index in [-0.39, 0.29) is 0 Å². The average Bonchev–Trinajstić information content (AvgIpc) is 2.49. The smallest absolute Gasteiger partial charge is 0.0373 e. The molecule has 1 aromatic rings. The third-order valence-electron chi connectivity index (χ3n) is 2.28. The molecule has 0 amide bonds. The van der Waals surface area contributed by atoms with Gasteiger partial charge >= 0.3 is 0 Å². The summed E-state index contributed by atoms with van der Waals surface area (Å²) in [6, 6.07) is 6.53. The summed E-state index contributed by atoms with van der Waals surface area (Å²) in [5.74, 6) is 0. The Morgan fingerprint density at radius 1 is 1.42 bits per heavy atom. The zero-order valence-electron chi connectivity index (χ0n) is 7.05. The molecule has 0 saturated carbocycles. The lowest BCUT2D eigenvalue weighted by molar-refractivity contribution is 1.11. The van der Waals surface area contributed by atoms with E-state index in [9.17, 15) is 0 Å². The van der Waals surface area contributed by atoms with Crippen molar-refractivity contribution in [1.82, 2.24) is 0 Å². The molecule has 1 unspecified atom stereocenters. The van der Waals surface area contributed by atoms with Crippen LogP contribution in [0.2, 0.25) is 0 Å². The molecule has 0 aromatic heterocycles. The minimum atomic E-state index is 0.454. The Labute approximate surface area is 81.4 Å². The van der Waals surface area contributed by atoms with Crippen LogP contribution in [0.4, 0.5) is 0 Å². The summed E-state index contributed by atoms with van der Waals surface area (Å²) in [7, 11) is 0. The van der Waals surface area contributed by atoms with Crippen molar-refractivity contribution in [1.29, 1.82) is 0 Å². The van der Waals surface area contributed by atoms with E-state index >= 15 is 0 Å². The standard InChI is InChI=1S/C11H11Br/c1-8(12)10-6-2-4-9-5-3-7-11(9)10/h2-4,6-8H,5H2,1H3. The van der Waals surface area contributed by atoms with E-state index in [1.807, 2.05) is 0 Å². The Bertz CT molecular complexity index is 324. The topological polar surface area (TPSA) is 0 Å². The third kappa shape index (κ3) is 1.22. The van der Waals surface area contributed by atoms with Crippen LogP contribution in [0.1, 0.15) is 28.4 Å². The van der Waals surface area contributed by atoms with Crippen molar-refractivity contribution in [3.63, 3.8) is 0 Å². The molecule has 0 N–H and O–H groups in total. The molecule has 12 heavy (non-hydrogen) atoms. The number of rotatable bonds is 1. The first kappa shape index (κ1) is 8.06. The highest BCUT2D eigenvalue weighted by atomic mass is 79.9. The summed E-state index contributed by atoms with van der Waals surface area (Å²) < 4.78 is 0. The van der Waals surface area contributed by atoms with Crippen molar-refractivity contribution < 1.29 is 0 Å². The third-order valence-corrected chi connectivity index (χ3v) is 2.77. The molecule has 0 bridgehead atoms. The van der Waals surface area contributed by atoms with Crippen LogP contribution in [0.25, 0.3) is 6.08 Å². The van der Waals surface area contributed by atoms with Gasteiger partial charge in [0.2, 0.25) is 0 Å². The molecular formula is C11H11Br. The molecule has 0 aliphatic heterocycles. The van der Waals surface area contributed by atoms with E-state index in [1.54, 1.807) is 0 Å². The largest absolute Gasteiger partial charge is 0.0842 e. The summed E-state index contributed by atoms with van der Waals surface area (Å²) in [4.78, 5) is 0.454. The first-order valence-electron chi connectivity index (χ1n) is 4.21. The first-order chi connectivity index (χ1) is 5.79. The van der Waals surface area contributed by atoms with E-state index in [4.69, 9.17) is 0 Å². The minimum Gasteiger partial charge on any atom is -0.0842 e. The van der Waals surface area contributed by atoms with Crippen molar-refractivity contribution in [2.24, 2.45) is 0 Å². The molecule has 1 aliphatic carbocycles. The van der Waals surface area contributed by atoms with E-state index in [0.717, 1.165) is 6.42 Å². The molecule has 2 rings (SSSR count). The van der Waals surface area contributed by atoms with Gasteiger partial charge in [-0.1, -0.05) is 46.3 Å². The Hall–Kier alpha value is -0.560. The lowest BCUT2D eigenvalue weighted by atomic mass is 10.0. The van der Waals surface area contributed by atoms with Crippen LogP contribution in [0.15, 0.2) is 24.3 Å². The second-order valence-corrected chi connectivity index (χ2v) is 4.52. The van der Waals surface area contributed by atoms with E-state index in [0.29, 0.717) is 4.83 Å². The number of hydrogen-bond donors (Lipinski definition) is 0. The highest BCUT2D eigenvalue weighted by molar-refractivity contribution is 9.09. The fourth-order valence-corrected chi connectivity index (χ4v) is 2.06. The normalized spacial score (nSPS) is 16.2. The zero-order chi connectivity index (χ0) is 8.55. The van der Waals surface area contributed by atoms with Crippen LogP contribution < -0.4 is 0 Å². The van der Waals surface area contributed by atoms with Crippen molar-refractivity contribution in [2.45, 2.75) is 18.2 Å². The van der Waals surface area contributed by atoms with Gasteiger partial charge in [-0.15, -0.1) is 0 Å². The molecule has 1 aliphatic rings. The van der Waals surface area contributed by atoms with Crippen LogP contribution in [-0.2, 0) is 6.42 Å². The summed E-state index contributed by atoms with van der Waals surface area (Å²) in [6.07, 6.45) is 5.55. The highest BCUT2D eigenvalue weighted by Crippen LogP contribution is 2.31. The molecule has 1 heteroatoms. The maximum atomic E-state index is 3.60. The Kier molecular flexibility index (Phi) is 2.05. The molecular weight excluding hydrogens is 212 g/mol. The minimum absolute atomic E-state index is 0.454. The number of allylic oxidation sites excluding steroid dienone is 1. The van der Waals surface area contributed by atoms with Gasteiger partial charge in [0.1, 0.15) is 0 Å². The predicted molar refractivity (Wildman–Crippen MR) is 56.5 cm³/mol. The molecule has 0 saturated heterocycles. The fraction of sp³-hybridized carbons (Fsp3) is 0.273. The Morgan fingerprint density at radius 3 is 3.00 bits per heavy atom. The van der Waals surface area contributed by atoms with Crippen LogP contribution in [-0.4, -0.2) is 0 Å². The number of fused-ring (bicyclic) bond motifs is 1. The lowest BCUT2D eigenvalue weighted by Gasteiger charge is -2.08. The fourth-order valence-electron chi connectivity index (χ4n) is 1.66. The van der Waals surface area contributed by atoms with Crippen LogP contribution in [0.5, 0.6) is 0 Å². The maximum Gasteiger partial charge on any atom is 0.0373 e. The van der Waals surface area contributed by atoms with Crippen molar-refractivity contribution in [3.8, 4) is 0 Å². The summed E-state index contributed by atoms with van der Waals surface area (Å²) in [6.45, 7) is 2.17. The lowest BCUT2D eigenvalue weighted by Crippen LogP contribution is -1.90. The molecule has 0 fully saturated rings. The average molecular weight is 223 g/mol. The second-order valence-electron chi connectivity index (χ2n) is 3.14. The van der Waals surface area contributed by atoms with Gasteiger partial charge in [-0.25, -0.2) is 0 Å². The van der Waals surface area contributed by atoms with Gasteiger partial charge in [0.05, 0.1) is 0 Å². The molecule has 62 valence electrons. The molecule has 0 heterocycles. The van der Waals surface area contributed by atoms with E-state index in [1.165, 1.54) is 16.7 Å². The first-order valence-corrected chi connectivity index (χ1v) is 5.13.